The summed E-state index contributed by atoms with van der Waals surface area (Å²) < 4.78 is 1.51. The number of piperidine rings is 1. The number of nitrogens with zero attached hydrogens (tertiary/aromatic N) is 2. The summed E-state index contributed by atoms with van der Waals surface area (Å²) in [5, 5.41) is 3.73. The molecule has 3 heterocycles. The molecule has 1 aromatic carbocycles. The van der Waals surface area contributed by atoms with E-state index in [2.05, 4.69) is 5.32 Å². The highest BCUT2D eigenvalue weighted by Crippen LogP contribution is 2.36. The van der Waals surface area contributed by atoms with Crippen LogP contribution in [-0.2, 0) is 11.8 Å². The minimum Gasteiger partial charge on any atom is -0.354 e. The fourth-order valence-corrected chi connectivity index (χ4v) is 4.25. The summed E-state index contributed by atoms with van der Waals surface area (Å²) >= 11 is 0. The molecule has 1 spiro atoms. The fourth-order valence-electron chi connectivity index (χ4n) is 4.25. The number of hydrogen-bond acceptors (Lipinski definition) is 3. The maximum Gasteiger partial charge on any atom is 0.263 e. The third kappa shape index (κ3) is 2.27. The Labute approximate surface area is 145 Å². The molecule has 6 heteroatoms. The highest BCUT2D eigenvalue weighted by Gasteiger charge is 2.50. The molecule has 2 fully saturated rings. The molecule has 2 aliphatic heterocycles. The lowest BCUT2D eigenvalue weighted by Gasteiger charge is -2.40. The van der Waals surface area contributed by atoms with Gasteiger partial charge < -0.3 is 14.8 Å². The number of aromatic nitrogens is 1. The van der Waals surface area contributed by atoms with Crippen LogP contribution in [0.3, 0.4) is 0 Å². The van der Waals surface area contributed by atoms with Gasteiger partial charge in [-0.25, -0.2) is 0 Å². The van der Waals surface area contributed by atoms with Gasteiger partial charge in [0.15, 0.2) is 0 Å². The van der Waals surface area contributed by atoms with Crippen LogP contribution in [0.5, 0.6) is 0 Å². The molecule has 1 aromatic heterocycles. The van der Waals surface area contributed by atoms with Gasteiger partial charge in [0.25, 0.3) is 11.5 Å². The highest BCUT2D eigenvalue weighted by molar-refractivity contribution is 6.01. The molecule has 25 heavy (non-hydrogen) atoms. The number of pyridine rings is 1. The van der Waals surface area contributed by atoms with Crippen LogP contribution in [0.25, 0.3) is 10.9 Å². The van der Waals surface area contributed by atoms with Gasteiger partial charge in [0, 0.05) is 20.1 Å². The van der Waals surface area contributed by atoms with Crippen molar-refractivity contribution >= 4 is 22.7 Å². The first-order valence-electron chi connectivity index (χ1n) is 8.74. The molecule has 4 rings (SSSR count). The molecule has 2 aromatic rings. The largest absolute Gasteiger partial charge is 0.354 e. The number of para-hydroxylation sites is 1. The Morgan fingerprint density at radius 3 is 2.72 bits per heavy atom. The topological polar surface area (TPSA) is 71.4 Å². The summed E-state index contributed by atoms with van der Waals surface area (Å²) in [5.74, 6) is -0.414. The first kappa shape index (κ1) is 15.9. The van der Waals surface area contributed by atoms with E-state index in [1.54, 1.807) is 18.0 Å². The van der Waals surface area contributed by atoms with Crippen LogP contribution in [0.2, 0.25) is 0 Å². The molecular formula is C19H21N3O3. The van der Waals surface area contributed by atoms with E-state index in [-0.39, 0.29) is 22.9 Å². The number of benzene rings is 1. The summed E-state index contributed by atoms with van der Waals surface area (Å²) in [7, 11) is 1.68. The van der Waals surface area contributed by atoms with Gasteiger partial charge in [0.1, 0.15) is 11.1 Å². The SMILES string of the molecule is Cn1c(=O)c(C(=O)N2CCCC23CCCNC3=O)cc2ccccc21. The average molecular weight is 339 g/mol. The molecule has 0 aliphatic carbocycles. The molecule has 2 amide bonds. The van der Waals surface area contributed by atoms with Crippen LogP contribution >= 0.6 is 0 Å². The molecule has 0 bridgehead atoms. The van der Waals surface area contributed by atoms with E-state index in [1.807, 2.05) is 24.3 Å². The Hall–Kier alpha value is -2.63. The van der Waals surface area contributed by atoms with Gasteiger partial charge in [0.05, 0.1) is 5.52 Å². The zero-order valence-electron chi connectivity index (χ0n) is 14.2. The van der Waals surface area contributed by atoms with Crippen LogP contribution in [0, 0.1) is 0 Å². The number of rotatable bonds is 1. The highest BCUT2D eigenvalue weighted by atomic mass is 16.2. The van der Waals surface area contributed by atoms with Crippen molar-refractivity contribution < 1.29 is 9.59 Å². The number of fused-ring (bicyclic) bond motifs is 1. The number of nitrogens with one attached hydrogen (secondary N) is 1. The van der Waals surface area contributed by atoms with Crippen LogP contribution in [0.1, 0.15) is 36.0 Å². The van der Waals surface area contributed by atoms with E-state index in [9.17, 15) is 14.4 Å². The second kappa shape index (κ2) is 5.72. The molecule has 0 saturated carbocycles. The Balaban J connectivity index is 1.81. The zero-order chi connectivity index (χ0) is 17.6. The molecule has 6 nitrogen and oxygen atoms in total. The maximum absolute atomic E-state index is 13.2. The van der Waals surface area contributed by atoms with Crippen molar-refractivity contribution in [2.75, 3.05) is 13.1 Å². The lowest BCUT2D eigenvalue weighted by molar-refractivity contribution is -0.133. The summed E-state index contributed by atoms with van der Waals surface area (Å²) in [6.07, 6.45) is 2.97. The normalized spacial score (nSPS) is 23.2. The molecule has 1 atom stereocenters. The Bertz CT molecular complexity index is 933. The van der Waals surface area contributed by atoms with Gasteiger partial charge in [-0.15, -0.1) is 0 Å². The average Bonchev–Trinajstić information content (AvgIpc) is 3.05. The minimum atomic E-state index is -0.786. The Kier molecular flexibility index (Phi) is 3.63. The summed E-state index contributed by atoms with van der Waals surface area (Å²) in [4.78, 5) is 40.1. The number of carbonyl (C=O) groups excluding carboxylic acids is 2. The first-order chi connectivity index (χ1) is 12.0. The minimum absolute atomic E-state index is 0.0813. The van der Waals surface area contributed by atoms with Gasteiger partial charge in [-0.2, -0.15) is 0 Å². The smallest absolute Gasteiger partial charge is 0.263 e. The molecule has 2 aliphatic rings. The van der Waals surface area contributed by atoms with E-state index in [4.69, 9.17) is 0 Å². The lowest BCUT2D eigenvalue weighted by Crippen LogP contribution is -2.60. The zero-order valence-corrected chi connectivity index (χ0v) is 14.2. The second-order valence-electron chi connectivity index (χ2n) is 6.93. The van der Waals surface area contributed by atoms with Crippen molar-refractivity contribution in [2.24, 2.45) is 7.05 Å². The Morgan fingerprint density at radius 1 is 1.16 bits per heavy atom. The molecule has 130 valence electrons. The van der Waals surface area contributed by atoms with Gasteiger partial charge in [-0.05, 0) is 43.2 Å². The predicted octanol–water partition coefficient (Wildman–Crippen LogP) is 1.42. The monoisotopic (exact) mass is 339 g/mol. The molecule has 1 unspecified atom stereocenters. The van der Waals surface area contributed by atoms with Gasteiger partial charge in [-0.3, -0.25) is 14.4 Å². The van der Waals surface area contributed by atoms with Crippen LogP contribution < -0.4 is 10.9 Å². The summed E-state index contributed by atoms with van der Waals surface area (Å²) in [6.45, 7) is 1.17. The van der Waals surface area contributed by atoms with Crippen molar-refractivity contribution in [3.8, 4) is 0 Å². The lowest BCUT2D eigenvalue weighted by atomic mass is 9.86. The summed E-state index contributed by atoms with van der Waals surface area (Å²) in [5.41, 5.74) is -0.176. The van der Waals surface area contributed by atoms with Crippen molar-refractivity contribution in [3.63, 3.8) is 0 Å². The molecule has 0 radical (unpaired) electrons. The quantitative estimate of drug-likeness (QED) is 0.854. The predicted molar refractivity (Wildman–Crippen MR) is 94.4 cm³/mol. The number of amides is 2. The Morgan fingerprint density at radius 2 is 1.92 bits per heavy atom. The van der Waals surface area contributed by atoms with E-state index >= 15 is 0 Å². The third-order valence-electron chi connectivity index (χ3n) is 5.57. The van der Waals surface area contributed by atoms with Crippen molar-refractivity contribution in [1.29, 1.82) is 0 Å². The van der Waals surface area contributed by atoms with E-state index < -0.39 is 5.54 Å². The number of hydrogen-bond donors (Lipinski definition) is 1. The van der Waals surface area contributed by atoms with Crippen LogP contribution in [0.4, 0.5) is 0 Å². The number of likely N-dealkylation sites (tertiary alicyclic amines) is 1. The van der Waals surface area contributed by atoms with Crippen LogP contribution in [0.15, 0.2) is 35.1 Å². The molecule has 2 saturated heterocycles. The molecule has 1 N–H and O–H groups in total. The second-order valence-corrected chi connectivity index (χ2v) is 6.93. The van der Waals surface area contributed by atoms with Crippen molar-refractivity contribution in [1.82, 2.24) is 14.8 Å². The van der Waals surface area contributed by atoms with Gasteiger partial charge in [-0.1, -0.05) is 18.2 Å². The number of aryl methyl sites for hydroxylation is 1. The van der Waals surface area contributed by atoms with Crippen molar-refractivity contribution in [3.05, 3.63) is 46.2 Å². The standard InChI is InChI=1S/C19H21N3O3/c1-21-15-7-3-2-6-13(15)12-14(16(21)23)17(24)22-11-5-9-19(22)8-4-10-20-18(19)25/h2-3,6-7,12H,4-5,8-11H2,1H3,(H,20,25). The fraction of sp³-hybridized carbons (Fsp3) is 0.421. The summed E-state index contributed by atoms with van der Waals surface area (Å²) in [6, 6.07) is 9.15. The maximum atomic E-state index is 13.2. The van der Waals surface area contributed by atoms with E-state index in [0.717, 1.165) is 23.7 Å². The van der Waals surface area contributed by atoms with E-state index in [1.165, 1.54) is 4.57 Å². The van der Waals surface area contributed by atoms with Gasteiger partial charge in [0.2, 0.25) is 5.91 Å². The molecular weight excluding hydrogens is 318 g/mol. The third-order valence-corrected chi connectivity index (χ3v) is 5.57. The first-order valence-corrected chi connectivity index (χ1v) is 8.74. The van der Waals surface area contributed by atoms with Crippen molar-refractivity contribution in [2.45, 2.75) is 31.2 Å². The van der Waals surface area contributed by atoms with Gasteiger partial charge >= 0.3 is 0 Å². The van der Waals surface area contributed by atoms with E-state index in [0.29, 0.717) is 25.9 Å². The van der Waals surface area contributed by atoms with Crippen LogP contribution in [-0.4, -0.2) is 39.9 Å². The number of carbonyl (C=O) groups is 2.